The van der Waals surface area contributed by atoms with E-state index in [1.165, 1.54) is 0 Å². The Morgan fingerprint density at radius 3 is 2.57 bits per heavy atom. The molecule has 4 rings (SSSR count). The van der Waals surface area contributed by atoms with Crippen LogP contribution in [0.4, 0.5) is 0 Å². The van der Waals surface area contributed by atoms with Gasteiger partial charge in [0.25, 0.3) is 0 Å². The zero-order chi connectivity index (χ0) is 15.9. The van der Waals surface area contributed by atoms with Crippen LogP contribution in [0.3, 0.4) is 0 Å². The minimum Gasteiger partial charge on any atom is -0.486 e. The number of nitrogens with two attached hydrogens (primary N) is 1. The van der Waals surface area contributed by atoms with E-state index in [4.69, 9.17) is 19.7 Å². The van der Waals surface area contributed by atoms with Gasteiger partial charge in [-0.2, -0.15) is 4.98 Å². The molecule has 122 valence electrons. The molecule has 6 heteroatoms. The fraction of sp³-hybridized carbons (Fsp3) is 0.529. The molecule has 0 saturated heterocycles. The molecule has 2 N–H and O–H groups in total. The van der Waals surface area contributed by atoms with E-state index in [1.807, 2.05) is 13.0 Å². The second-order valence-electron chi connectivity index (χ2n) is 6.39. The molecule has 1 aromatic heterocycles. The number of aromatic nitrogens is 2. The topological polar surface area (TPSA) is 83.4 Å². The number of nitrogens with zero attached hydrogens (tertiary/aromatic N) is 2. The van der Waals surface area contributed by atoms with Crippen molar-refractivity contribution in [1.82, 2.24) is 10.1 Å². The Hall–Kier alpha value is -2.08. The van der Waals surface area contributed by atoms with Crippen LogP contribution < -0.4 is 15.2 Å². The molecule has 2 heterocycles. The summed E-state index contributed by atoms with van der Waals surface area (Å²) in [5.74, 6) is 2.82. The average Bonchev–Trinajstić information content (AvgIpc) is 3.24. The second-order valence-corrected chi connectivity index (χ2v) is 6.39. The molecule has 1 saturated carbocycles. The third-order valence-electron chi connectivity index (χ3n) is 4.81. The fourth-order valence-electron chi connectivity index (χ4n) is 3.56. The van der Waals surface area contributed by atoms with Gasteiger partial charge in [0.2, 0.25) is 5.89 Å². The highest BCUT2D eigenvalue weighted by atomic mass is 16.6. The highest BCUT2D eigenvalue weighted by Gasteiger charge is 2.43. The fourth-order valence-corrected chi connectivity index (χ4v) is 3.56. The molecule has 1 aliphatic carbocycles. The molecule has 1 atom stereocenters. The van der Waals surface area contributed by atoms with Crippen LogP contribution in [0, 0.1) is 0 Å². The predicted octanol–water partition coefficient (Wildman–Crippen LogP) is 2.72. The number of ether oxygens (including phenoxy) is 2. The summed E-state index contributed by atoms with van der Waals surface area (Å²) in [6.07, 6.45) is 4.27. The van der Waals surface area contributed by atoms with Crippen molar-refractivity contribution in [3.63, 3.8) is 0 Å². The maximum absolute atomic E-state index is 5.88. The number of fused-ring (bicyclic) bond motifs is 1. The lowest BCUT2D eigenvalue weighted by molar-refractivity contribution is 0.171. The van der Waals surface area contributed by atoms with Gasteiger partial charge < -0.3 is 19.7 Å². The molecular weight excluding hydrogens is 294 g/mol. The summed E-state index contributed by atoms with van der Waals surface area (Å²) in [5.41, 5.74) is 6.79. The molecule has 0 amide bonds. The standard InChI is InChI=1S/C17H21N3O3/c1-11(18)15-19-16(23-20-15)17(6-2-3-7-17)12-4-5-13-14(10-12)22-9-8-21-13/h4-5,10-11H,2-3,6-9,18H2,1H3. The number of rotatable bonds is 3. The maximum atomic E-state index is 5.88. The van der Waals surface area contributed by atoms with Crippen LogP contribution in [-0.4, -0.2) is 23.4 Å². The van der Waals surface area contributed by atoms with Crippen molar-refractivity contribution in [2.24, 2.45) is 5.73 Å². The number of hydrogen-bond donors (Lipinski definition) is 1. The molecule has 6 nitrogen and oxygen atoms in total. The van der Waals surface area contributed by atoms with Crippen molar-refractivity contribution < 1.29 is 14.0 Å². The van der Waals surface area contributed by atoms with Crippen molar-refractivity contribution in [3.05, 3.63) is 35.5 Å². The average molecular weight is 315 g/mol. The van der Waals surface area contributed by atoms with E-state index < -0.39 is 0 Å². The molecule has 2 aliphatic rings. The van der Waals surface area contributed by atoms with E-state index >= 15 is 0 Å². The van der Waals surface area contributed by atoms with E-state index in [0.717, 1.165) is 42.7 Å². The van der Waals surface area contributed by atoms with Gasteiger partial charge in [-0.25, -0.2) is 0 Å². The molecule has 0 bridgehead atoms. The highest BCUT2D eigenvalue weighted by Crippen LogP contribution is 2.47. The molecule has 1 aromatic carbocycles. The van der Waals surface area contributed by atoms with E-state index in [1.54, 1.807) is 0 Å². The summed E-state index contributed by atoms with van der Waals surface area (Å²) in [5, 5.41) is 4.05. The lowest BCUT2D eigenvalue weighted by atomic mass is 9.78. The lowest BCUT2D eigenvalue weighted by Crippen LogP contribution is -2.25. The monoisotopic (exact) mass is 315 g/mol. The quantitative estimate of drug-likeness (QED) is 0.937. The van der Waals surface area contributed by atoms with Gasteiger partial charge in [-0.1, -0.05) is 24.1 Å². The van der Waals surface area contributed by atoms with Crippen LogP contribution >= 0.6 is 0 Å². The Morgan fingerprint density at radius 1 is 1.13 bits per heavy atom. The van der Waals surface area contributed by atoms with Crippen molar-refractivity contribution in [2.45, 2.75) is 44.1 Å². The molecule has 1 fully saturated rings. The van der Waals surface area contributed by atoms with Crippen molar-refractivity contribution in [2.75, 3.05) is 13.2 Å². The molecule has 0 spiro atoms. The second kappa shape index (κ2) is 5.53. The zero-order valence-electron chi connectivity index (χ0n) is 13.2. The van der Waals surface area contributed by atoms with Gasteiger partial charge in [0.1, 0.15) is 13.2 Å². The Bertz CT molecular complexity index is 705. The van der Waals surface area contributed by atoms with E-state index in [9.17, 15) is 0 Å². The Kier molecular flexibility index (Phi) is 3.49. The van der Waals surface area contributed by atoms with Gasteiger partial charge in [0, 0.05) is 0 Å². The smallest absolute Gasteiger partial charge is 0.237 e. The van der Waals surface area contributed by atoms with Gasteiger partial charge in [-0.15, -0.1) is 0 Å². The zero-order valence-corrected chi connectivity index (χ0v) is 13.2. The van der Waals surface area contributed by atoms with Crippen molar-refractivity contribution in [3.8, 4) is 11.5 Å². The first-order chi connectivity index (χ1) is 11.2. The Labute approximate surface area is 135 Å². The largest absolute Gasteiger partial charge is 0.486 e. The molecular formula is C17H21N3O3. The van der Waals surface area contributed by atoms with Crippen LogP contribution in [0.25, 0.3) is 0 Å². The SMILES string of the molecule is CC(N)c1noc(C2(c3ccc4c(c3)OCCO4)CCCC2)n1. The Balaban J connectivity index is 1.77. The lowest BCUT2D eigenvalue weighted by Gasteiger charge is -2.27. The highest BCUT2D eigenvalue weighted by molar-refractivity contribution is 5.48. The summed E-state index contributed by atoms with van der Waals surface area (Å²) >= 11 is 0. The number of hydrogen-bond acceptors (Lipinski definition) is 6. The maximum Gasteiger partial charge on any atom is 0.237 e. The Morgan fingerprint density at radius 2 is 1.87 bits per heavy atom. The normalized spacial score (nSPS) is 20.4. The van der Waals surface area contributed by atoms with Crippen LogP contribution in [0.2, 0.25) is 0 Å². The van der Waals surface area contributed by atoms with Crippen LogP contribution in [0.1, 0.15) is 55.9 Å². The third-order valence-corrected chi connectivity index (χ3v) is 4.81. The van der Waals surface area contributed by atoms with Crippen molar-refractivity contribution in [1.29, 1.82) is 0 Å². The van der Waals surface area contributed by atoms with Gasteiger partial charge in [0.15, 0.2) is 17.3 Å². The van der Waals surface area contributed by atoms with Crippen molar-refractivity contribution >= 4 is 0 Å². The minimum absolute atomic E-state index is 0.230. The van der Waals surface area contributed by atoms with E-state index in [-0.39, 0.29) is 11.5 Å². The summed E-state index contributed by atoms with van der Waals surface area (Å²) in [7, 11) is 0. The van der Waals surface area contributed by atoms with Crippen LogP contribution in [-0.2, 0) is 5.41 Å². The van der Waals surface area contributed by atoms with E-state index in [0.29, 0.717) is 24.9 Å². The molecule has 0 radical (unpaired) electrons. The van der Waals surface area contributed by atoms with Gasteiger partial charge in [-0.3, -0.25) is 0 Å². The molecule has 1 unspecified atom stereocenters. The summed E-state index contributed by atoms with van der Waals surface area (Å²) < 4.78 is 17.0. The predicted molar refractivity (Wildman–Crippen MR) is 83.6 cm³/mol. The van der Waals surface area contributed by atoms with Gasteiger partial charge >= 0.3 is 0 Å². The molecule has 2 aromatic rings. The summed E-state index contributed by atoms with van der Waals surface area (Å²) in [6.45, 7) is 3.04. The van der Waals surface area contributed by atoms with Gasteiger partial charge in [0.05, 0.1) is 11.5 Å². The van der Waals surface area contributed by atoms with E-state index in [2.05, 4.69) is 22.3 Å². The summed E-state index contributed by atoms with van der Waals surface area (Å²) in [6, 6.07) is 5.91. The first-order valence-corrected chi connectivity index (χ1v) is 8.19. The van der Waals surface area contributed by atoms with Crippen LogP contribution in [0.5, 0.6) is 11.5 Å². The number of benzene rings is 1. The molecule has 23 heavy (non-hydrogen) atoms. The first kappa shape index (κ1) is 14.5. The minimum atomic E-state index is -0.240. The first-order valence-electron chi connectivity index (χ1n) is 8.19. The van der Waals surface area contributed by atoms with Gasteiger partial charge in [-0.05, 0) is 37.5 Å². The summed E-state index contributed by atoms with van der Waals surface area (Å²) in [4.78, 5) is 4.58. The molecule has 1 aliphatic heterocycles. The van der Waals surface area contributed by atoms with Crippen LogP contribution in [0.15, 0.2) is 22.7 Å². The third kappa shape index (κ3) is 2.37.